The fourth-order valence-electron chi connectivity index (χ4n) is 3.51. The summed E-state index contributed by atoms with van der Waals surface area (Å²) in [6, 6.07) is 16.0. The zero-order chi connectivity index (χ0) is 20.4. The second-order valence-corrected chi connectivity index (χ2v) is 9.25. The van der Waals surface area contributed by atoms with Crippen LogP contribution < -0.4 is 10.5 Å². The minimum atomic E-state index is 0. The van der Waals surface area contributed by atoms with E-state index in [-0.39, 0.29) is 29.1 Å². The van der Waals surface area contributed by atoms with Crippen LogP contribution in [0.1, 0.15) is 55.6 Å². The van der Waals surface area contributed by atoms with Crippen molar-refractivity contribution in [2.75, 3.05) is 19.6 Å². The van der Waals surface area contributed by atoms with Crippen LogP contribution >= 0.6 is 12.4 Å². The van der Waals surface area contributed by atoms with Crippen molar-refractivity contribution in [1.29, 1.82) is 0 Å². The Morgan fingerprint density at radius 1 is 1.10 bits per heavy atom. The number of amides is 1. The second-order valence-electron chi connectivity index (χ2n) is 9.25. The van der Waals surface area contributed by atoms with E-state index in [1.165, 1.54) is 5.56 Å². The first kappa shape index (κ1) is 23.2. The fraction of sp³-hybridized carbons (Fsp3) is 0.458. The Kier molecular flexibility index (Phi) is 7.36. The first-order chi connectivity index (χ1) is 13.2. The summed E-state index contributed by atoms with van der Waals surface area (Å²) >= 11 is 0. The maximum atomic E-state index is 12.7. The summed E-state index contributed by atoms with van der Waals surface area (Å²) in [6.45, 7) is 11.4. The molecule has 2 N–H and O–H groups in total. The Morgan fingerprint density at radius 2 is 1.72 bits per heavy atom. The summed E-state index contributed by atoms with van der Waals surface area (Å²) in [5.41, 5.74) is 9.09. The van der Waals surface area contributed by atoms with Gasteiger partial charge in [-0.3, -0.25) is 4.79 Å². The standard InChI is InChI=1S/C24H32N2O2.ClH/c1-23(2,3)20-9-11-21(12-10-20)28-15-18-5-7-19(8-6-18)22(27)26-14-13-24(4,16-25)17-26;/h5-12H,13-17,25H2,1-4H3;1H. The van der Waals surface area contributed by atoms with Gasteiger partial charge in [-0.15, -0.1) is 12.4 Å². The van der Waals surface area contributed by atoms with Crippen LogP contribution in [0.2, 0.25) is 0 Å². The van der Waals surface area contributed by atoms with Crippen molar-refractivity contribution in [2.24, 2.45) is 11.1 Å². The van der Waals surface area contributed by atoms with Gasteiger partial charge in [-0.1, -0.05) is 52.0 Å². The van der Waals surface area contributed by atoms with Crippen LogP contribution in [0.25, 0.3) is 0 Å². The van der Waals surface area contributed by atoms with Crippen LogP contribution in [0.15, 0.2) is 48.5 Å². The molecule has 0 radical (unpaired) electrons. The van der Waals surface area contributed by atoms with Crippen molar-refractivity contribution in [3.63, 3.8) is 0 Å². The summed E-state index contributed by atoms with van der Waals surface area (Å²) in [5, 5.41) is 0. The van der Waals surface area contributed by atoms with Crippen LogP contribution in [0.4, 0.5) is 0 Å². The van der Waals surface area contributed by atoms with Gasteiger partial charge >= 0.3 is 0 Å². The predicted octanol–water partition coefficient (Wildman–Crippen LogP) is 4.80. The molecule has 1 fully saturated rings. The predicted molar refractivity (Wildman–Crippen MR) is 121 cm³/mol. The van der Waals surface area contributed by atoms with Gasteiger partial charge in [0.25, 0.3) is 5.91 Å². The third-order valence-corrected chi connectivity index (χ3v) is 5.66. The number of hydrogen-bond donors (Lipinski definition) is 1. The van der Waals surface area contributed by atoms with E-state index in [0.29, 0.717) is 13.2 Å². The van der Waals surface area contributed by atoms with Crippen LogP contribution in [0, 0.1) is 5.41 Å². The minimum Gasteiger partial charge on any atom is -0.489 e. The molecular weight excluding hydrogens is 384 g/mol. The molecule has 1 saturated heterocycles. The highest BCUT2D eigenvalue weighted by atomic mass is 35.5. The van der Waals surface area contributed by atoms with Gasteiger partial charge in [0.2, 0.25) is 0 Å². The molecule has 2 aromatic rings. The quantitative estimate of drug-likeness (QED) is 0.761. The highest BCUT2D eigenvalue weighted by Gasteiger charge is 2.35. The number of carbonyl (C=O) groups is 1. The summed E-state index contributed by atoms with van der Waals surface area (Å²) < 4.78 is 5.89. The zero-order valence-electron chi connectivity index (χ0n) is 17.9. The maximum Gasteiger partial charge on any atom is 0.253 e. The lowest BCUT2D eigenvalue weighted by Crippen LogP contribution is -2.34. The summed E-state index contributed by atoms with van der Waals surface area (Å²) in [5.74, 6) is 0.939. The van der Waals surface area contributed by atoms with Crippen molar-refractivity contribution in [3.8, 4) is 5.75 Å². The van der Waals surface area contributed by atoms with E-state index >= 15 is 0 Å². The average molecular weight is 417 g/mol. The van der Waals surface area contributed by atoms with E-state index in [9.17, 15) is 4.79 Å². The second kappa shape index (κ2) is 9.19. The molecule has 1 unspecified atom stereocenters. The maximum absolute atomic E-state index is 12.7. The molecule has 1 aliphatic rings. The lowest BCUT2D eigenvalue weighted by molar-refractivity contribution is 0.0777. The van der Waals surface area contributed by atoms with Crippen molar-refractivity contribution in [1.82, 2.24) is 4.90 Å². The molecular formula is C24H33ClN2O2. The Morgan fingerprint density at radius 3 is 2.24 bits per heavy atom. The smallest absolute Gasteiger partial charge is 0.253 e. The topological polar surface area (TPSA) is 55.6 Å². The van der Waals surface area contributed by atoms with E-state index in [2.05, 4.69) is 39.8 Å². The Bertz CT molecular complexity index is 812. The van der Waals surface area contributed by atoms with Gasteiger partial charge in [0.05, 0.1) is 0 Å². The summed E-state index contributed by atoms with van der Waals surface area (Å²) in [4.78, 5) is 14.6. The molecule has 3 rings (SSSR count). The molecule has 4 nitrogen and oxygen atoms in total. The number of ether oxygens (including phenoxy) is 1. The number of nitrogens with two attached hydrogens (primary N) is 1. The molecule has 1 heterocycles. The van der Waals surface area contributed by atoms with Crippen molar-refractivity contribution in [2.45, 2.75) is 46.1 Å². The van der Waals surface area contributed by atoms with E-state index < -0.39 is 0 Å². The zero-order valence-corrected chi connectivity index (χ0v) is 18.7. The van der Waals surface area contributed by atoms with E-state index in [1.807, 2.05) is 41.3 Å². The van der Waals surface area contributed by atoms with E-state index in [0.717, 1.165) is 36.4 Å². The molecule has 2 aromatic carbocycles. The molecule has 1 amide bonds. The van der Waals surface area contributed by atoms with Gasteiger partial charge in [-0.05, 0) is 59.2 Å². The fourth-order valence-corrected chi connectivity index (χ4v) is 3.51. The number of nitrogens with zero attached hydrogens (tertiary/aromatic N) is 1. The molecule has 1 atom stereocenters. The first-order valence-corrected chi connectivity index (χ1v) is 10.0. The van der Waals surface area contributed by atoms with E-state index in [1.54, 1.807) is 0 Å². The van der Waals surface area contributed by atoms with Crippen molar-refractivity contribution < 1.29 is 9.53 Å². The normalized spacial score (nSPS) is 19.0. The van der Waals surface area contributed by atoms with Gasteiger partial charge in [-0.25, -0.2) is 0 Å². The Labute approximate surface area is 180 Å². The SMILES string of the molecule is CC1(CN)CCN(C(=O)c2ccc(COc3ccc(C(C)(C)C)cc3)cc2)C1.Cl. The molecule has 29 heavy (non-hydrogen) atoms. The number of hydrogen-bond acceptors (Lipinski definition) is 3. The minimum absolute atomic E-state index is 0. The summed E-state index contributed by atoms with van der Waals surface area (Å²) in [6.07, 6.45) is 0.967. The number of halogens is 1. The van der Waals surface area contributed by atoms with Gasteiger partial charge in [0, 0.05) is 18.7 Å². The highest BCUT2D eigenvalue weighted by Crippen LogP contribution is 2.29. The van der Waals surface area contributed by atoms with E-state index in [4.69, 9.17) is 10.5 Å². The molecule has 0 saturated carbocycles. The Balaban J connectivity index is 0.00000300. The molecule has 1 aliphatic heterocycles. The lowest BCUT2D eigenvalue weighted by atomic mass is 9.87. The first-order valence-electron chi connectivity index (χ1n) is 10.0. The third-order valence-electron chi connectivity index (χ3n) is 5.66. The largest absolute Gasteiger partial charge is 0.489 e. The number of rotatable bonds is 5. The molecule has 158 valence electrons. The molecule has 0 aromatic heterocycles. The molecule has 0 aliphatic carbocycles. The van der Waals surface area contributed by atoms with Crippen LogP contribution in [0.5, 0.6) is 5.75 Å². The molecule has 0 bridgehead atoms. The highest BCUT2D eigenvalue weighted by molar-refractivity contribution is 5.94. The molecule has 5 heteroatoms. The van der Waals surface area contributed by atoms with Crippen molar-refractivity contribution >= 4 is 18.3 Å². The van der Waals surface area contributed by atoms with Crippen molar-refractivity contribution in [3.05, 3.63) is 65.2 Å². The van der Waals surface area contributed by atoms with Gasteiger partial charge in [0.1, 0.15) is 12.4 Å². The van der Waals surface area contributed by atoms with Crippen LogP contribution in [-0.4, -0.2) is 30.4 Å². The monoisotopic (exact) mass is 416 g/mol. The van der Waals surface area contributed by atoms with Gasteiger partial charge in [-0.2, -0.15) is 0 Å². The van der Waals surface area contributed by atoms with Crippen LogP contribution in [0.3, 0.4) is 0 Å². The lowest BCUT2D eigenvalue weighted by Gasteiger charge is -2.22. The number of likely N-dealkylation sites (tertiary alicyclic amines) is 1. The Hall–Kier alpha value is -2.04. The molecule has 0 spiro atoms. The van der Waals surface area contributed by atoms with Gasteiger partial charge in [0.15, 0.2) is 0 Å². The van der Waals surface area contributed by atoms with Crippen LogP contribution in [-0.2, 0) is 12.0 Å². The van der Waals surface area contributed by atoms with Gasteiger partial charge < -0.3 is 15.4 Å². The number of carbonyl (C=O) groups excluding carboxylic acids is 1. The number of benzene rings is 2. The summed E-state index contributed by atoms with van der Waals surface area (Å²) in [7, 11) is 0. The third kappa shape index (κ3) is 5.74. The average Bonchev–Trinajstić information content (AvgIpc) is 3.09.